The number of carbonyl (C=O) groups is 1. The lowest BCUT2D eigenvalue weighted by Crippen LogP contribution is -2.36. The number of hydrogen-bond donors (Lipinski definition) is 1. The third-order valence-electron chi connectivity index (χ3n) is 5.48. The molecule has 1 atom stereocenters. The molecule has 1 aliphatic heterocycles. The minimum absolute atomic E-state index is 0.0896. The molecule has 29 heavy (non-hydrogen) atoms. The monoisotopic (exact) mass is 393 g/mol. The second-order valence-electron chi connectivity index (χ2n) is 7.59. The Bertz CT molecular complexity index is 936. The van der Waals surface area contributed by atoms with Crippen LogP contribution in [0, 0.1) is 5.92 Å². The van der Waals surface area contributed by atoms with Crippen LogP contribution in [0.5, 0.6) is 5.75 Å². The number of anilines is 1. The predicted molar refractivity (Wildman–Crippen MR) is 113 cm³/mol. The van der Waals surface area contributed by atoms with E-state index in [9.17, 15) is 4.79 Å². The van der Waals surface area contributed by atoms with Crippen LogP contribution in [0.2, 0.25) is 0 Å². The highest BCUT2D eigenvalue weighted by Crippen LogP contribution is 2.28. The smallest absolute Gasteiger partial charge is 0.298 e. The van der Waals surface area contributed by atoms with E-state index in [1.165, 1.54) is 0 Å². The van der Waals surface area contributed by atoms with Gasteiger partial charge in [-0.05, 0) is 55.0 Å². The minimum Gasteiger partial charge on any atom is -0.497 e. The largest absolute Gasteiger partial charge is 0.497 e. The van der Waals surface area contributed by atoms with Crippen molar-refractivity contribution in [3.63, 3.8) is 0 Å². The second kappa shape index (κ2) is 8.99. The molecule has 1 saturated heterocycles. The number of rotatable bonds is 7. The molecule has 0 aliphatic carbocycles. The van der Waals surface area contributed by atoms with Gasteiger partial charge in [-0.3, -0.25) is 4.79 Å². The number of amides is 1. The number of para-hydroxylation sites is 2. The number of aromatic nitrogens is 1. The van der Waals surface area contributed by atoms with Gasteiger partial charge in [0.1, 0.15) is 11.3 Å². The molecule has 1 aliphatic rings. The minimum atomic E-state index is 0.0896. The highest BCUT2D eigenvalue weighted by Gasteiger charge is 2.24. The lowest BCUT2D eigenvalue weighted by Gasteiger charge is -2.31. The molecule has 1 amide bonds. The lowest BCUT2D eigenvalue weighted by molar-refractivity contribution is -0.121. The Morgan fingerprint density at radius 3 is 3.03 bits per heavy atom. The van der Waals surface area contributed by atoms with Crippen LogP contribution in [0.15, 0.2) is 52.9 Å². The maximum atomic E-state index is 12.3. The van der Waals surface area contributed by atoms with E-state index in [1.54, 1.807) is 7.11 Å². The molecule has 6 heteroatoms. The van der Waals surface area contributed by atoms with Crippen molar-refractivity contribution in [2.24, 2.45) is 5.92 Å². The number of hydrogen-bond acceptors (Lipinski definition) is 5. The van der Waals surface area contributed by atoms with E-state index in [0.717, 1.165) is 54.8 Å². The van der Waals surface area contributed by atoms with Gasteiger partial charge in [0.05, 0.1) is 7.11 Å². The van der Waals surface area contributed by atoms with E-state index < -0.39 is 0 Å². The molecule has 0 bridgehead atoms. The first-order chi connectivity index (χ1) is 14.2. The average molecular weight is 393 g/mol. The van der Waals surface area contributed by atoms with Crippen LogP contribution >= 0.6 is 0 Å². The number of fused-ring (bicyclic) bond motifs is 1. The molecular formula is C23H27N3O3. The Balaban J connectivity index is 1.26. The van der Waals surface area contributed by atoms with Crippen molar-refractivity contribution in [3.05, 3.63) is 54.1 Å². The Morgan fingerprint density at radius 1 is 1.28 bits per heavy atom. The summed E-state index contributed by atoms with van der Waals surface area (Å²) in [4.78, 5) is 19.1. The third kappa shape index (κ3) is 4.88. The summed E-state index contributed by atoms with van der Waals surface area (Å²) in [6.45, 7) is 2.36. The molecule has 4 rings (SSSR count). The highest BCUT2D eigenvalue weighted by atomic mass is 16.5. The summed E-state index contributed by atoms with van der Waals surface area (Å²) in [5.41, 5.74) is 2.75. The number of ether oxygens (including phenoxy) is 1. The summed E-state index contributed by atoms with van der Waals surface area (Å²) in [6, 6.07) is 16.3. The lowest BCUT2D eigenvalue weighted by atomic mass is 9.93. The number of methoxy groups -OCH3 is 1. The summed E-state index contributed by atoms with van der Waals surface area (Å²) >= 11 is 0. The number of oxazole rings is 1. The molecule has 2 aromatic carbocycles. The zero-order chi connectivity index (χ0) is 20.1. The molecule has 152 valence electrons. The Kier molecular flexibility index (Phi) is 5.98. The fourth-order valence-electron chi connectivity index (χ4n) is 3.88. The number of carbonyl (C=O) groups excluding carboxylic acids is 1. The fourth-order valence-corrected chi connectivity index (χ4v) is 3.88. The third-order valence-corrected chi connectivity index (χ3v) is 5.48. The molecule has 1 fully saturated rings. The van der Waals surface area contributed by atoms with E-state index >= 15 is 0 Å². The Morgan fingerprint density at radius 2 is 2.17 bits per heavy atom. The predicted octanol–water partition coefficient (Wildman–Crippen LogP) is 4.15. The van der Waals surface area contributed by atoms with Crippen LogP contribution in [-0.2, 0) is 11.3 Å². The van der Waals surface area contributed by atoms with Crippen molar-refractivity contribution in [2.75, 3.05) is 25.1 Å². The van der Waals surface area contributed by atoms with Gasteiger partial charge in [0, 0.05) is 26.1 Å². The molecule has 2 heterocycles. The van der Waals surface area contributed by atoms with Crippen molar-refractivity contribution in [1.82, 2.24) is 10.3 Å². The van der Waals surface area contributed by atoms with Gasteiger partial charge in [-0.25, -0.2) is 0 Å². The molecule has 0 saturated carbocycles. The van der Waals surface area contributed by atoms with Crippen LogP contribution in [0.1, 0.15) is 31.2 Å². The van der Waals surface area contributed by atoms with Crippen molar-refractivity contribution in [2.45, 2.75) is 32.2 Å². The quantitative estimate of drug-likeness (QED) is 0.653. The summed E-state index contributed by atoms with van der Waals surface area (Å²) in [7, 11) is 1.64. The number of nitrogens with zero attached hydrogens (tertiary/aromatic N) is 2. The van der Waals surface area contributed by atoms with E-state index in [0.29, 0.717) is 24.9 Å². The van der Waals surface area contributed by atoms with Gasteiger partial charge in [0.15, 0.2) is 5.58 Å². The maximum Gasteiger partial charge on any atom is 0.298 e. The van der Waals surface area contributed by atoms with Gasteiger partial charge in [0.25, 0.3) is 6.01 Å². The summed E-state index contributed by atoms with van der Waals surface area (Å²) in [5.74, 6) is 1.37. The zero-order valence-electron chi connectivity index (χ0n) is 16.8. The first-order valence-corrected chi connectivity index (χ1v) is 10.2. The zero-order valence-corrected chi connectivity index (χ0v) is 16.8. The number of piperidine rings is 1. The van der Waals surface area contributed by atoms with E-state index in [4.69, 9.17) is 9.15 Å². The topological polar surface area (TPSA) is 67.6 Å². The number of nitrogens with one attached hydrogen (secondary N) is 1. The first-order valence-electron chi connectivity index (χ1n) is 10.2. The van der Waals surface area contributed by atoms with Gasteiger partial charge in [-0.2, -0.15) is 4.98 Å². The van der Waals surface area contributed by atoms with Gasteiger partial charge in [-0.15, -0.1) is 0 Å². The summed E-state index contributed by atoms with van der Waals surface area (Å²) < 4.78 is 11.1. The van der Waals surface area contributed by atoms with Gasteiger partial charge < -0.3 is 19.4 Å². The Labute approximate surface area is 170 Å². The van der Waals surface area contributed by atoms with Crippen LogP contribution in [-0.4, -0.2) is 31.1 Å². The van der Waals surface area contributed by atoms with E-state index in [-0.39, 0.29) is 5.91 Å². The molecule has 6 nitrogen and oxygen atoms in total. The van der Waals surface area contributed by atoms with Crippen LogP contribution in [0.4, 0.5) is 6.01 Å². The Hall–Kier alpha value is -3.02. The van der Waals surface area contributed by atoms with Crippen molar-refractivity contribution in [1.29, 1.82) is 0 Å². The normalized spacial score (nSPS) is 16.7. The average Bonchev–Trinajstić information content (AvgIpc) is 3.21. The fraction of sp³-hybridized carbons (Fsp3) is 0.391. The first kappa shape index (κ1) is 19.3. The van der Waals surface area contributed by atoms with Crippen molar-refractivity contribution in [3.8, 4) is 5.75 Å². The van der Waals surface area contributed by atoms with E-state index in [2.05, 4.69) is 15.2 Å². The van der Waals surface area contributed by atoms with Crippen molar-refractivity contribution >= 4 is 23.0 Å². The summed E-state index contributed by atoms with van der Waals surface area (Å²) in [5, 5.41) is 3.01. The van der Waals surface area contributed by atoms with Crippen LogP contribution in [0.3, 0.4) is 0 Å². The molecule has 0 unspecified atom stereocenters. The molecule has 3 aromatic rings. The van der Waals surface area contributed by atoms with Gasteiger partial charge >= 0.3 is 0 Å². The molecule has 0 spiro atoms. The van der Waals surface area contributed by atoms with Gasteiger partial charge in [0.2, 0.25) is 5.91 Å². The summed E-state index contributed by atoms with van der Waals surface area (Å²) in [6.07, 6.45) is 3.64. The van der Waals surface area contributed by atoms with Crippen LogP contribution < -0.4 is 15.0 Å². The van der Waals surface area contributed by atoms with Gasteiger partial charge in [-0.1, -0.05) is 24.3 Å². The molecule has 1 aromatic heterocycles. The highest BCUT2D eigenvalue weighted by molar-refractivity contribution is 5.76. The van der Waals surface area contributed by atoms with E-state index in [1.807, 2.05) is 48.5 Å². The SMILES string of the molecule is COc1cccc(CNC(=O)CC[C@H]2CCCN(c3nc4ccccc4o3)C2)c1. The molecule has 0 radical (unpaired) electrons. The van der Waals surface area contributed by atoms with Crippen LogP contribution in [0.25, 0.3) is 11.1 Å². The maximum absolute atomic E-state index is 12.3. The molecule has 1 N–H and O–H groups in total. The standard InChI is InChI=1S/C23H27N3O3/c1-28-19-8-4-6-18(14-19)15-24-22(27)12-11-17-7-5-13-26(16-17)23-25-20-9-2-3-10-21(20)29-23/h2-4,6,8-10,14,17H,5,7,11-13,15-16H2,1H3,(H,24,27)/t17-/m1/s1. The van der Waals surface area contributed by atoms with Crippen molar-refractivity contribution < 1.29 is 13.9 Å². The number of benzene rings is 2. The second-order valence-corrected chi connectivity index (χ2v) is 7.59. The molecular weight excluding hydrogens is 366 g/mol.